The molecule has 5 heteroatoms. The largest absolute Gasteiger partial charge is 0.497 e. The van der Waals surface area contributed by atoms with Crippen molar-refractivity contribution in [1.29, 1.82) is 0 Å². The SMILES string of the molecule is COc1cc(NC(=O)C2(c3cccc(Cl)c3)CC2)cc(OC)c1. The van der Waals surface area contributed by atoms with Gasteiger partial charge in [-0.2, -0.15) is 0 Å². The predicted octanol–water partition coefficient (Wildman–Crippen LogP) is 4.03. The van der Waals surface area contributed by atoms with E-state index in [2.05, 4.69) is 5.32 Å². The van der Waals surface area contributed by atoms with E-state index in [1.54, 1.807) is 32.4 Å². The lowest BCUT2D eigenvalue weighted by molar-refractivity contribution is -0.118. The van der Waals surface area contributed by atoms with Crippen molar-refractivity contribution < 1.29 is 14.3 Å². The van der Waals surface area contributed by atoms with Gasteiger partial charge in [0.2, 0.25) is 5.91 Å². The van der Waals surface area contributed by atoms with Gasteiger partial charge in [0.05, 0.1) is 19.6 Å². The van der Waals surface area contributed by atoms with Gasteiger partial charge in [0.15, 0.2) is 0 Å². The van der Waals surface area contributed by atoms with E-state index >= 15 is 0 Å². The average Bonchev–Trinajstić information content (AvgIpc) is 3.36. The number of methoxy groups -OCH3 is 2. The van der Waals surface area contributed by atoms with Crippen LogP contribution in [0, 0.1) is 0 Å². The van der Waals surface area contributed by atoms with Crippen LogP contribution in [0.25, 0.3) is 0 Å². The molecule has 2 aromatic rings. The van der Waals surface area contributed by atoms with Gasteiger partial charge in [0, 0.05) is 28.9 Å². The highest BCUT2D eigenvalue weighted by molar-refractivity contribution is 6.30. The Balaban J connectivity index is 1.84. The van der Waals surface area contributed by atoms with Crippen molar-refractivity contribution in [3.8, 4) is 11.5 Å². The lowest BCUT2D eigenvalue weighted by Gasteiger charge is -2.17. The zero-order chi connectivity index (χ0) is 16.4. The van der Waals surface area contributed by atoms with Crippen LogP contribution in [0.2, 0.25) is 5.02 Å². The van der Waals surface area contributed by atoms with Crippen LogP contribution in [0.1, 0.15) is 18.4 Å². The molecule has 1 fully saturated rings. The number of hydrogen-bond acceptors (Lipinski definition) is 3. The second-order valence-electron chi connectivity index (χ2n) is 5.65. The molecular weight excluding hydrogens is 314 g/mol. The van der Waals surface area contributed by atoms with E-state index in [4.69, 9.17) is 21.1 Å². The third-order valence-corrected chi connectivity index (χ3v) is 4.41. The van der Waals surface area contributed by atoms with Crippen LogP contribution in [0.3, 0.4) is 0 Å². The molecule has 0 bridgehead atoms. The minimum Gasteiger partial charge on any atom is -0.497 e. The van der Waals surface area contributed by atoms with Crippen LogP contribution >= 0.6 is 11.6 Å². The summed E-state index contributed by atoms with van der Waals surface area (Å²) in [6, 6.07) is 12.8. The average molecular weight is 332 g/mol. The maximum Gasteiger partial charge on any atom is 0.235 e. The Hall–Kier alpha value is -2.20. The fourth-order valence-electron chi connectivity index (χ4n) is 2.69. The summed E-state index contributed by atoms with van der Waals surface area (Å²) in [5.74, 6) is 1.23. The van der Waals surface area contributed by atoms with E-state index < -0.39 is 5.41 Å². The Bertz CT molecular complexity index is 719. The first-order valence-electron chi connectivity index (χ1n) is 7.38. The Kier molecular flexibility index (Phi) is 4.18. The fourth-order valence-corrected chi connectivity index (χ4v) is 2.88. The number of nitrogens with one attached hydrogen (secondary N) is 1. The highest BCUT2D eigenvalue weighted by atomic mass is 35.5. The van der Waals surface area contributed by atoms with Crippen molar-refractivity contribution in [3.63, 3.8) is 0 Å². The first-order chi connectivity index (χ1) is 11.1. The summed E-state index contributed by atoms with van der Waals surface area (Å²) >= 11 is 6.06. The Labute approximate surface area is 140 Å². The number of ether oxygens (including phenoxy) is 2. The molecule has 4 nitrogen and oxygen atoms in total. The summed E-state index contributed by atoms with van der Waals surface area (Å²) in [5, 5.41) is 3.61. The summed E-state index contributed by atoms with van der Waals surface area (Å²) in [5.41, 5.74) is 1.12. The Morgan fingerprint density at radius 3 is 2.26 bits per heavy atom. The van der Waals surface area contributed by atoms with Gasteiger partial charge < -0.3 is 14.8 Å². The molecule has 0 saturated heterocycles. The van der Waals surface area contributed by atoms with E-state index in [9.17, 15) is 4.79 Å². The maximum absolute atomic E-state index is 12.8. The summed E-state index contributed by atoms with van der Waals surface area (Å²) in [7, 11) is 3.16. The number of rotatable bonds is 5. The van der Waals surface area contributed by atoms with E-state index in [1.165, 1.54) is 0 Å². The van der Waals surface area contributed by atoms with Crippen molar-refractivity contribution >= 4 is 23.2 Å². The zero-order valence-electron chi connectivity index (χ0n) is 13.1. The van der Waals surface area contributed by atoms with Gasteiger partial charge >= 0.3 is 0 Å². The van der Waals surface area contributed by atoms with Crippen LogP contribution in [-0.4, -0.2) is 20.1 Å². The molecule has 0 spiro atoms. The fraction of sp³-hybridized carbons (Fsp3) is 0.278. The predicted molar refractivity (Wildman–Crippen MR) is 90.5 cm³/mol. The summed E-state index contributed by atoms with van der Waals surface area (Å²) < 4.78 is 10.5. The van der Waals surface area contributed by atoms with E-state index in [-0.39, 0.29) is 5.91 Å². The van der Waals surface area contributed by atoms with Gasteiger partial charge in [-0.3, -0.25) is 4.79 Å². The minimum absolute atomic E-state index is 0.0323. The van der Waals surface area contributed by atoms with Crippen LogP contribution < -0.4 is 14.8 Å². The van der Waals surface area contributed by atoms with Gasteiger partial charge in [-0.15, -0.1) is 0 Å². The van der Waals surface area contributed by atoms with Gasteiger partial charge in [-0.05, 0) is 30.5 Å². The molecule has 0 radical (unpaired) electrons. The number of hydrogen-bond donors (Lipinski definition) is 1. The highest BCUT2D eigenvalue weighted by Gasteiger charge is 2.51. The molecule has 1 N–H and O–H groups in total. The molecule has 2 aromatic carbocycles. The van der Waals surface area contributed by atoms with E-state index in [1.807, 2.05) is 24.3 Å². The topological polar surface area (TPSA) is 47.6 Å². The van der Waals surface area contributed by atoms with Gasteiger partial charge in [-0.25, -0.2) is 0 Å². The van der Waals surface area contributed by atoms with Crippen molar-refractivity contribution in [2.45, 2.75) is 18.3 Å². The number of anilines is 1. The lowest BCUT2D eigenvalue weighted by atomic mass is 9.95. The smallest absolute Gasteiger partial charge is 0.235 e. The molecule has 1 amide bonds. The van der Waals surface area contributed by atoms with Crippen LogP contribution in [-0.2, 0) is 10.2 Å². The molecule has 0 aliphatic heterocycles. The van der Waals surface area contributed by atoms with Crippen molar-refractivity contribution in [3.05, 3.63) is 53.1 Å². The highest BCUT2D eigenvalue weighted by Crippen LogP contribution is 2.49. The van der Waals surface area contributed by atoms with Crippen molar-refractivity contribution in [1.82, 2.24) is 0 Å². The van der Waals surface area contributed by atoms with E-state index in [0.717, 1.165) is 18.4 Å². The second-order valence-corrected chi connectivity index (χ2v) is 6.08. The molecule has 1 saturated carbocycles. The molecule has 0 unspecified atom stereocenters. The maximum atomic E-state index is 12.8. The quantitative estimate of drug-likeness (QED) is 0.900. The first-order valence-corrected chi connectivity index (χ1v) is 7.76. The molecule has 120 valence electrons. The number of carbonyl (C=O) groups excluding carboxylic acids is 1. The van der Waals surface area contributed by atoms with Gasteiger partial charge in [0.25, 0.3) is 0 Å². The summed E-state index contributed by atoms with van der Waals surface area (Å²) in [6.45, 7) is 0. The molecule has 0 aromatic heterocycles. The molecule has 3 rings (SSSR count). The number of halogens is 1. The number of amides is 1. The monoisotopic (exact) mass is 331 g/mol. The normalized spacial score (nSPS) is 14.9. The zero-order valence-corrected chi connectivity index (χ0v) is 13.8. The Morgan fingerprint density at radius 1 is 1.09 bits per heavy atom. The minimum atomic E-state index is -0.485. The van der Waals surface area contributed by atoms with Gasteiger partial charge in [0.1, 0.15) is 11.5 Å². The molecule has 1 aliphatic rings. The Morgan fingerprint density at radius 2 is 1.74 bits per heavy atom. The van der Waals surface area contributed by atoms with Crippen LogP contribution in [0.4, 0.5) is 5.69 Å². The molecule has 0 atom stereocenters. The standard InChI is InChI=1S/C18H18ClNO3/c1-22-15-9-14(10-16(11-15)23-2)20-17(21)18(6-7-18)12-4-3-5-13(19)8-12/h3-5,8-11H,6-7H2,1-2H3,(H,20,21). The van der Waals surface area contributed by atoms with E-state index in [0.29, 0.717) is 22.2 Å². The summed E-state index contributed by atoms with van der Waals surface area (Å²) in [6.07, 6.45) is 1.64. The second kappa shape index (κ2) is 6.13. The van der Waals surface area contributed by atoms with Crippen LogP contribution in [0.5, 0.6) is 11.5 Å². The lowest BCUT2D eigenvalue weighted by Crippen LogP contribution is -2.27. The number of carbonyl (C=O) groups is 1. The van der Waals surface area contributed by atoms with Crippen molar-refractivity contribution in [2.24, 2.45) is 0 Å². The molecule has 23 heavy (non-hydrogen) atoms. The molecule has 0 heterocycles. The van der Waals surface area contributed by atoms with Crippen LogP contribution in [0.15, 0.2) is 42.5 Å². The van der Waals surface area contributed by atoms with Crippen molar-refractivity contribution in [2.75, 3.05) is 19.5 Å². The first kappa shape index (κ1) is 15.7. The third kappa shape index (κ3) is 3.13. The summed E-state index contributed by atoms with van der Waals surface area (Å²) in [4.78, 5) is 12.8. The molecular formula is C18H18ClNO3. The number of benzene rings is 2. The van der Waals surface area contributed by atoms with Gasteiger partial charge in [-0.1, -0.05) is 23.7 Å². The third-order valence-electron chi connectivity index (χ3n) is 4.17. The molecule has 1 aliphatic carbocycles.